The molecule has 6 nitrogen and oxygen atoms in total. The third-order valence-corrected chi connectivity index (χ3v) is 4.24. The summed E-state index contributed by atoms with van der Waals surface area (Å²) in [7, 11) is 1.47. The number of hydrogen-bond donors (Lipinski definition) is 2. The van der Waals surface area contributed by atoms with Crippen molar-refractivity contribution in [1.82, 2.24) is 5.32 Å². The molecule has 142 valence electrons. The number of rotatable bonds is 6. The van der Waals surface area contributed by atoms with Crippen LogP contribution < -0.4 is 10.6 Å². The predicted molar refractivity (Wildman–Crippen MR) is 104 cm³/mol. The zero-order valence-corrected chi connectivity index (χ0v) is 15.2. The van der Waals surface area contributed by atoms with Crippen molar-refractivity contribution < 1.29 is 18.8 Å². The molecule has 0 atom stereocenters. The van der Waals surface area contributed by atoms with E-state index in [0.717, 1.165) is 5.56 Å². The van der Waals surface area contributed by atoms with Gasteiger partial charge in [0.2, 0.25) is 0 Å². The summed E-state index contributed by atoms with van der Waals surface area (Å²) in [5.74, 6) is -1.46. The highest BCUT2D eigenvalue weighted by Gasteiger charge is 2.23. The molecule has 0 fully saturated rings. The van der Waals surface area contributed by atoms with E-state index in [1.165, 1.54) is 31.5 Å². The van der Waals surface area contributed by atoms with Crippen molar-refractivity contribution in [2.45, 2.75) is 12.8 Å². The van der Waals surface area contributed by atoms with Gasteiger partial charge in [-0.3, -0.25) is 19.4 Å². The molecule has 2 amide bonds. The summed E-state index contributed by atoms with van der Waals surface area (Å²) in [4.78, 5) is 40.3. The van der Waals surface area contributed by atoms with Crippen molar-refractivity contribution in [3.63, 3.8) is 0 Å². The minimum atomic E-state index is -0.453. The van der Waals surface area contributed by atoms with Gasteiger partial charge in [-0.15, -0.1) is 0 Å². The molecule has 1 heterocycles. The summed E-state index contributed by atoms with van der Waals surface area (Å²) in [6, 6.07) is 12.3. The van der Waals surface area contributed by atoms with Gasteiger partial charge in [-0.1, -0.05) is 24.3 Å². The van der Waals surface area contributed by atoms with Crippen LogP contribution in [0.25, 0.3) is 0 Å². The Kier molecular flexibility index (Phi) is 5.74. The first-order valence-electron chi connectivity index (χ1n) is 8.64. The second-order valence-electron chi connectivity index (χ2n) is 6.18. The van der Waals surface area contributed by atoms with E-state index in [1.54, 1.807) is 30.3 Å². The highest BCUT2D eigenvalue weighted by Crippen LogP contribution is 2.19. The number of halogens is 1. The van der Waals surface area contributed by atoms with Gasteiger partial charge in [-0.25, -0.2) is 4.39 Å². The van der Waals surface area contributed by atoms with E-state index in [2.05, 4.69) is 15.6 Å². The fourth-order valence-corrected chi connectivity index (χ4v) is 2.78. The largest absolute Gasteiger partial charge is 0.354 e. The molecule has 0 saturated carbocycles. The molecular weight excluding hydrogens is 361 g/mol. The number of ketones is 1. The van der Waals surface area contributed by atoms with Gasteiger partial charge < -0.3 is 10.6 Å². The van der Waals surface area contributed by atoms with Gasteiger partial charge in [-0.2, -0.15) is 0 Å². The van der Waals surface area contributed by atoms with Crippen LogP contribution in [-0.2, 0) is 16.0 Å². The van der Waals surface area contributed by atoms with Crippen molar-refractivity contribution in [2.24, 2.45) is 4.99 Å². The molecule has 3 rings (SSSR count). The van der Waals surface area contributed by atoms with Crippen LogP contribution in [0.3, 0.4) is 0 Å². The Morgan fingerprint density at radius 3 is 2.50 bits per heavy atom. The molecule has 2 aromatic carbocycles. The Balaban J connectivity index is 1.65. The minimum absolute atomic E-state index is 0.109. The van der Waals surface area contributed by atoms with E-state index in [1.807, 2.05) is 0 Å². The lowest BCUT2D eigenvalue weighted by Gasteiger charge is -2.08. The Morgan fingerprint density at radius 1 is 1.07 bits per heavy atom. The monoisotopic (exact) mass is 379 g/mol. The lowest BCUT2D eigenvalue weighted by molar-refractivity contribution is -0.118. The number of anilines is 1. The van der Waals surface area contributed by atoms with Crippen LogP contribution in [0.15, 0.2) is 64.8 Å². The summed E-state index contributed by atoms with van der Waals surface area (Å²) in [5.41, 5.74) is 1.98. The zero-order valence-electron chi connectivity index (χ0n) is 15.2. The molecule has 0 unspecified atom stereocenters. The molecule has 0 spiro atoms. The van der Waals surface area contributed by atoms with Crippen molar-refractivity contribution in [2.75, 3.05) is 12.4 Å². The highest BCUT2D eigenvalue weighted by molar-refractivity contribution is 6.13. The van der Waals surface area contributed by atoms with E-state index in [-0.39, 0.29) is 24.3 Å². The van der Waals surface area contributed by atoms with E-state index < -0.39 is 17.6 Å². The summed E-state index contributed by atoms with van der Waals surface area (Å²) < 4.78 is 13.2. The number of amides is 2. The van der Waals surface area contributed by atoms with Gasteiger partial charge in [0.1, 0.15) is 11.5 Å². The van der Waals surface area contributed by atoms with Gasteiger partial charge in [0.25, 0.3) is 11.8 Å². The first kappa shape index (κ1) is 19.2. The number of carbonyl (C=O) groups is 3. The standard InChI is InChI=1S/C21H18FN3O3/c1-23-21(28)19-17(9-10-24-19)20(27)25-16-7-5-13(6-8-16)11-18(26)14-3-2-4-15(22)12-14/h2-8,10,12H,9,11H2,1H3,(H,23,28)(H,25,27). The molecule has 0 bridgehead atoms. The molecule has 0 saturated heterocycles. The second-order valence-corrected chi connectivity index (χ2v) is 6.18. The SMILES string of the molecule is CNC(=O)C1=C(C(=O)Nc2ccc(CC(=O)c3cccc(F)c3)cc2)CC=N1. The number of likely N-dealkylation sites (N-methyl/N-ethyl adjacent to an activating group) is 1. The molecule has 0 aromatic heterocycles. The minimum Gasteiger partial charge on any atom is -0.354 e. The topological polar surface area (TPSA) is 87.6 Å². The first-order chi connectivity index (χ1) is 13.5. The maximum atomic E-state index is 13.2. The third kappa shape index (κ3) is 4.37. The van der Waals surface area contributed by atoms with Gasteiger partial charge in [0, 0.05) is 37.4 Å². The average molecular weight is 379 g/mol. The zero-order chi connectivity index (χ0) is 20.1. The van der Waals surface area contributed by atoms with Crippen molar-refractivity contribution in [3.8, 4) is 0 Å². The van der Waals surface area contributed by atoms with E-state index in [4.69, 9.17) is 0 Å². The van der Waals surface area contributed by atoms with E-state index in [0.29, 0.717) is 16.8 Å². The molecule has 1 aliphatic heterocycles. The Morgan fingerprint density at radius 2 is 1.82 bits per heavy atom. The van der Waals surface area contributed by atoms with Crippen LogP contribution in [0.2, 0.25) is 0 Å². The quantitative estimate of drug-likeness (QED) is 0.757. The highest BCUT2D eigenvalue weighted by atomic mass is 19.1. The fourth-order valence-electron chi connectivity index (χ4n) is 2.78. The maximum Gasteiger partial charge on any atom is 0.270 e. The molecule has 0 radical (unpaired) electrons. The lowest BCUT2D eigenvalue weighted by atomic mass is 10.0. The molecule has 1 aliphatic rings. The second kappa shape index (κ2) is 8.39. The fraction of sp³-hybridized carbons (Fsp3) is 0.143. The number of hydrogen-bond acceptors (Lipinski definition) is 4. The van der Waals surface area contributed by atoms with Crippen LogP contribution in [0.1, 0.15) is 22.3 Å². The van der Waals surface area contributed by atoms with E-state index >= 15 is 0 Å². The number of aliphatic imine (C=N–C) groups is 1. The summed E-state index contributed by atoms with van der Waals surface area (Å²) in [6.07, 6.45) is 1.92. The number of benzene rings is 2. The first-order valence-corrected chi connectivity index (χ1v) is 8.64. The van der Waals surface area contributed by atoms with Crippen LogP contribution in [0.4, 0.5) is 10.1 Å². The van der Waals surface area contributed by atoms with Gasteiger partial charge in [0.15, 0.2) is 5.78 Å². The molecule has 28 heavy (non-hydrogen) atoms. The van der Waals surface area contributed by atoms with Crippen molar-refractivity contribution in [3.05, 3.63) is 76.7 Å². The van der Waals surface area contributed by atoms with Crippen LogP contribution in [0.5, 0.6) is 0 Å². The molecule has 2 aromatic rings. The molecule has 2 N–H and O–H groups in total. The predicted octanol–water partition coefficient (Wildman–Crippen LogP) is 2.66. The lowest BCUT2D eigenvalue weighted by Crippen LogP contribution is -2.23. The van der Waals surface area contributed by atoms with Gasteiger partial charge in [-0.05, 0) is 29.8 Å². The number of nitrogens with zero attached hydrogens (tertiary/aromatic N) is 1. The summed E-state index contributed by atoms with van der Waals surface area (Å²) in [6.45, 7) is 0. The normalized spacial score (nSPS) is 12.8. The molecule has 0 aliphatic carbocycles. The Hall–Kier alpha value is -3.61. The molecular formula is C21H18FN3O3. The van der Waals surface area contributed by atoms with Crippen LogP contribution in [0, 0.1) is 5.82 Å². The Bertz CT molecular complexity index is 994. The molecule has 7 heteroatoms. The maximum absolute atomic E-state index is 13.2. The smallest absolute Gasteiger partial charge is 0.270 e. The summed E-state index contributed by atoms with van der Waals surface area (Å²) >= 11 is 0. The van der Waals surface area contributed by atoms with Gasteiger partial charge in [0.05, 0.1) is 5.57 Å². The van der Waals surface area contributed by atoms with Crippen LogP contribution in [-0.4, -0.2) is 30.9 Å². The van der Waals surface area contributed by atoms with Crippen LogP contribution >= 0.6 is 0 Å². The number of nitrogens with one attached hydrogen (secondary N) is 2. The van der Waals surface area contributed by atoms with Crippen molar-refractivity contribution >= 4 is 29.5 Å². The third-order valence-electron chi connectivity index (χ3n) is 4.24. The van der Waals surface area contributed by atoms with E-state index in [9.17, 15) is 18.8 Å². The van der Waals surface area contributed by atoms with Crippen molar-refractivity contribution in [1.29, 1.82) is 0 Å². The number of carbonyl (C=O) groups excluding carboxylic acids is 3. The Labute approximate surface area is 161 Å². The number of Topliss-reactive ketones (excluding diaryl/α,β-unsaturated/α-hetero) is 1. The average Bonchev–Trinajstić information content (AvgIpc) is 3.19. The van der Waals surface area contributed by atoms with Gasteiger partial charge >= 0.3 is 0 Å². The summed E-state index contributed by atoms with van der Waals surface area (Å²) in [5, 5.41) is 5.17.